The Morgan fingerprint density at radius 3 is 2.75 bits per heavy atom. The molecule has 3 aliphatic carbocycles. The average molecular weight is 378 g/mol. The van der Waals surface area contributed by atoms with Gasteiger partial charge in [0.1, 0.15) is 11.2 Å². The van der Waals surface area contributed by atoms with Gasteiger partial charge < -0.3 is 9.47 Å². The van der Waals surface area contributed by atoms with Crippen molar-refractivity contribution in [3.63, 3.8) is 0 Å². The molecule has 28 heavy (non-hydrogen) atoms. The van der Waals surface area contributed by atoms with E-state index < -0.39 is 11.0 Å². The smallest absolute Gasteiger partial charge is 0.340 e. The summed E-state index contributed by atoms with van der Waals surface area (Å²) in [5.74, 6) is 0.555. The van der Waals surface area contributed by atoms with Crippen molar-refractivity contribution in [1.29, 1.82) is 0 Å². The van der Waals surface area contributed by atoms with Gasteiger partial charge in [0.2, 0.25) is 0 Å². The van der Waals surface area contributed by atoms with Crippen molar-refractivity contribution in [2.45, 2.75) is 58.0 Å². The number of benzene rings is 1. The zero-order valence-corrected chi connectivity index (χ0v) is 16.5. The van der Waals surface area contributed by atoms with E-state index in [1.165, 1.54) is 0 Å². The van der Waals surface area contributed by atoms with Gasteiger partial charge in [0.25, 0.3) is 0 Å². The Bertz CT molecular complexity index is 926. The van der Waals surface area contributed by atoms with Gasteiger partial charge in [0.15, 0.2) is 5.60 Å². The van der Waals surface area contributed by atoms with E-state index in [0.29, 0.717) is 16.9 Å². The van der Waals surface area contributed by atoms with Gasteiger partial charge in [-0.05, 0) is 43.7 Å². The monoisotopic (exact) mass is 378 g/mol. The Balaban J connectivity index is 1.83. The molecule has 2 fully saturated rings. The second kappa shape index (κ2) is 6.07. The molecule has 4 atom stereocenters. The largest absolute Gasteiger partial charge is 0.449 e. The highest BCUT2D eigenvalue weighted by molar-refractivity contribution is 5.99. The first kappa shape index (κ1) is 17.7. The quantitative estimate of drug-likeness (QED) is 0.688. The van der Waals surface area contributed by atoms with E-state index in [9.17, 15) is 9.59 Å². The molecule has 2 spiro atoms. The number of cyclic esters (lactones) is 1. The molecule has 0 aromatic heterocycles. The zero-order valence-electron chi connectivity index (χ0n) is 16.5. The highest BCUT2D eigenvalue weighted by Crippen LogP contribution is 2.72. The first-order chi connectivity index (χ1) is 13.6. The maximum absolute atomic E-state index is 13.0. The van der Waals surface area contributed by atoms with Crippen LogP contribution in [0.25, 0.3) is 0 Å². The average Bonchev–Trinajstić information content (AvgIpc) is 3.17. The Kier molecular flexibility index (Phi) is 3.84. The first-order valence-electron chi connectivity index (χ1n) is 10.6. The minimum atomic E-state index is -0.838. The van der Waals surface area contributed by atoms with Gasteiger partial charge in [-0.15, -0.1) is 0 Å². The number of allylic oxidation sites excluding steroid dienone is 2. The molecule has 1 aromatic rings. The van der Waals surface area contributed by atoms with E-state index in [-0.39, 0.29) is 23.8 Å². The van der Waals surface area contributed by atoms with Crippen molar-refractivity contribution in [2.24, 2.45) is 17.3 Å². The molecule has 146 valence electrons. The SMILES string of the molecule is CCC/C=C1\OC(=O)C2=CC3CCC21C1(OC(=O)c2ccccc21)[C@@H]3CCC. The van der Waals surface area contributed by atoms with Crippen LogP contribution in [0.2, 0.25) is 0 Å². The number of carbonyl (C=O) groups is 2. The van der Waals surface area contributed by atoms with Gasteiger partial charge >= 0.3 is 11.9 Å². The number of rotatable bonds is 4. The summed E-state index contributed by atoms with van der Waals surface area (Å²) < 4.78 is 12.2. The van der Waals surface area contributed by atoms with E-state index in [2.05, 4.69) is 26.0 Å². The van der Waals surface area contributed by atoms with Crippen molar-refractivity contribution in [3.8, 4) is 0 Å². The molecule has 4 heteroatoms. The number of fused-ring (bicyclic) bond motifs is 2. The van der Waals surface area contributed by atoms with E-state index in [1.54, 1.807) is 0 Å². The number of hydrogen-bond acceptors (Lipinski definition) is 4. The number of unbranched alkanes of at least 4 members (excludes halogenated alkanes) is 1. The summed E-state index contributed by atoms with van der Waals surface area (Å²) in [7, 11) is 0. The Hall–Kier alpha value is -2.36. The number of ether oxygens (including phenoxy) is 2. The summed E-state index contributed by atoms with van der Waals surface area (Å²) in [6.45, 7) is 4.28. The minimum absolute atomic E-state index is 0.155. The maximum atomic E-state index is 13.0. The Morgan fingerprint density at radius 1 is 1.14 bits per heavy atom. The molecule has 6 rings (SSSR count). The number of carbonyl (C=O) groups excluding carboxylic acids is 2. The van der Waals surface area contributed by atoms with Crippen LogP contribution in [0.3, 0.4) is 0 Å². The predicted octanol–water partition coefficient (Wildman–Crippen LogP) is 5.05. The predicted molar refractivity (Wildman–Crippen MR) is 104 cm³/mol. The number of esters is 2. The van der Waals surface area contributed by atoms with E-state index in [4.69, 9.17) is 9.47 Å². The third-order valence-corrected chi connectivity index (χ3v) is 7.23. The third kappa shape index (κ3) is 1.91. The van der Waals surface area contributed by atoms with Crippen molar-refractivity contribution >= 4 is 11.9 Å². The van der Waals surface area contributed by atoms with Gasteiger partial charge in [0, 0.05) is 11.5 Å². The fourth-order valence-electron chi connectivity index (χ4n) is 6.26. The summed E-state index contributed by atoms with van der Waals surface area (Å²) in [6.07, 6.45) is 9.74. The molecular formula is C24H26O4. The van der Waals surface area contributed by atoms with Crippen molar-refractivity contribution in [1.82, 2.24) is 0 Å². The molecule has 3 unspecified atom stereocenters. The molecule has 4 nitrogen and oxygen atoms in total. The van der Waals surface area contributed by atoms with E-state index >= 15 is 0 Å². The molecule has 0 N–H and O–H groups in total. The lowest BCUT2D eigenvalue weighted by Crippen LogP contribution is -2.59. The summed E-state index contributed by atoms with van der Waals surface area (Å²) in [4.78, 5) is 25.9. The summed E-state index contributed by atoms with van der Waals surface area (Å²) >= 11 is 0. The molecule has 0 radical (unpaired) electrons. The van der Waals surface area contributed by atoms with Crippen molar-refractivity contribution in [2.75, 3.05) is 0 Å². The van der Waals surface area contributed by atoms with Crippen molar-refractivity contribution < 1.29 is 19.1 Å². The van der Waals surface area contributed by atoms with Crippen LogP contribution in [0.1, 0.15) is 68.3 Å². The van der Waals surface area contributed by atoms with Crippen LogP contribution in [-0.4, -0.2) is 11.9 Å². The molecule has 1 saturated heterocycles. The van der Waals surface area contributed by atoms with Gasteiger partial charge in [-0.2, -0.15) is 0 Å². The van der Waals surface area contributed by atoms with Crippen LogP contribution in [0.15, 0.2) is 47.7 Å². The van der Waals surface area contributed by atoms with Crippen LogP contribution in [0.5, 0.6) is 0 Å². The molecular weight excluding hydrogens is 352 g/mol. The molecule has 1 aromatic carbocycles. The summed E-state index contributed by atoms with van der Waals surface area (Å²) in [5, 5.41) is 0. The van der Waals surface area contributed by atoms with Crippen molar-refractivity contribution in [3.05, 3.63) is 58.9 Å². The molecule has 0 amide bonds. The highest BCUT2D eigenvalue weighted by Gasteiger charge is 2.75. The van der Waals surface area contributed by atoms with Crippen LogP contribution in [0, 0.1) is 17.3 Å². The topological polar surface area (TPSA) is 52.6 Å². The van der Waals surface area contributed by atoms with Gasteiger partial charge in [0.05, 0.1) is 11.1 Å². The highest BCUT2D eigenvalue weighted by atomic mass is 16.6. The van der Waals surface area contributed by atoms with Crippen LogP contribution in [-0.2, 0) is 19.9 Å². The standard InChI is InChI=1S/C24H26O4/c1-3-5-11-20-23-13-12-15(14-19(23)22(26)27-20)17(8-4-2)24(23)18-10-7-6-9-16(18)21(25)28-24/h6-7,9-11,14-15,17H,3-5,8,12-13H2,1-2H3/b20-11-/t15?,17-,23?,24?/m1/s1. The number of hydrogen-bond donors (Lipinski definition) is 0. The van der Waals surface area contributed by atoms with Crippen LogP contribution >= 0.6 is 0 Å². The minimum Gasteiger partial charge on any atom is -0.449 e. The Labute approximate surface area is 165 Å². The second-order valence-electron chi connectivity index (χ2n) is 8.50. The van der Waals surface area contributed by atoms with Gasteiger partial charge in [-0.3, -0.25) is 0 Å². The summed E-state index contributed by atoms with van der Waals surface area (Å²) in [6, 6.07) is 7.73. The summed E-state index contributed by atoms with van der Waals surface area (Å²) in [5.41, 5.74) is 0.766. The maximum Gasteiger partial charge on any atom is 0.340 e. The third-order valence-electron chi connectivity index (χ3n) is 7.23. The lowest BCUT2D eigenvalue weighted by atomic mass is 9.46. The second-order valence-corrected chi connectivity index (χ2v) is 8.50. The lowest BCUT2D eigenvalue weighted by Gasteiger charge is -2.58. The fourth-order valence-corrected chi connectivity index (χ4v) is 6.26. The van der Waals surface area contributed by atoms with Gasteiger partial charge in [-0.25, -0.2) is 9.59 Å². The van der Waals surface area contributed by atoms with Gasteiger partial charge in [-0.1, -0.05) is 51.0 Å². The Morgan fingerprint density at radius 2 is 1.96 bits per heavy atom. The lowest BCUT2D eigenvalue weighted by molar-refractivity contribution is -0.152. The molecule has 2 bridgehead atoms. The molecule has 2 aliphatic heterocycles. The molecule has 1 saturated carbocycles. The molecule has 5 aliphatic rings. The van der Waals surface area contributed by atoms with Crippen LogP contribution < -0.4 is 0 Å². The van der Waals surface area contributed by atoms with Crippen LogP contribution in [0.4, 0.5) is 0 Å². The molecule has 2 heterocycles. The normalized spacial score (nSPS) is 36.4. The van der Waals surface area contributed by atoms with E-state index in [0.717, 1.165) is 44.1 Å². The zero-order chi connectivity index (χ0) is 19.5. The fraction of sp³-hybridized carbons (Fsp3) is 0.500. The van der Waals surface area contributed by atoms with E-state index in [1.807, 2.05) is 24.3 Å². The first-order valence-corrected chi connectivity index (χ1v) is 10.6.